The first-order chi connectivity index (χ1) is 10.0. The molecular weight excluding hydrogens is 330 g/mol. The second-order valence-electron chi connectivity index (χ2n) is 4.82. The van der Waals surface area contributed by atoms with Gasteiger partial charge in [-0.15, -0.1) is 0 Å². The van der Waals surface area contributed by atoms with Gasteiger partial charge in [-0.05, 0) is 32.0 Å². The van der Waals surface area contributed by atoms with E-state index in [1.54, 1.807) is 4.68 Å². The van der Waals surface area contributed by atoms with Crippen molar-refractivity contribution in [3.8, 4) is 17.2 Å². The van der Waals surface area contributed by atoms with Crippen molar-refractivity contribution in [1.82, 2.24) is 19.7 Å². The highest BCUT2D eigenvalue weighted by molar-refractivity contribution is 9.10. The van der Waals surface area contributed by atoms with Crippen molar-refractivity contribution in [2.24, 2.45) is 0 Å². The number of aryl methyl sites for hydroxylation is 2. The number of aromatic nitrogens is 4. The number of benzene rings is 1. The SMILES string of the molecule is Cc1cc(C)nc(-n2nc(-c3ccc(Br)cc3)cc2N)n1. The van der Waals surface area contributed by atoms with Gasteiger partial charge in [0.2, 0.25) is 0 Å². The molecule has 3 aromatic rings. The summed E-state index contributed by atoms with van der Waals surface area (Å²) in [5.41, 5.74) is 9.61. The van der Waals surface area contributed by atoms with E-state index in [9.17, 15) is 0 Å². The van der Waals surface area contributed by atoms with E-state index in [2.05, 4.69) is 31.0 Å². The van der Waals surface area contributed by atoms with Crippen LogP contribution in [0.3, 0.4) is 0 Å². The third-order valence-corrected chi connectivity index (χ3v) is 3.57. The lowest BCUT2D eigenvalue weighted by Gasteiger charge is -2.04. The summed E-state index contributed by atoms with van der Waals surface area (Å²) in [5.74, 6) is 1.01. The first-order valence-electron chi connectivity index (χ1n) is 6.47. The van der Waals surface area contributed by atoms with E-state index >= 15 is 0 Å². The van der Waals surface area contributed by atoms with Crippen LogP contribution in [-0.4, -0.2) is 19.7 Å². The van der Waals surface area contributed by atoms with Gasteiger partial charge in [0.05, 0.1) is 5.69 Å². The Morgan fingerprint density at radius 3 is 2.24 bits per heavy atom. The molecule has 3 rings (SSSR count). The Hall–Kier alpha value is -2.21. The lowest BCUT2D eigenvalue weighted by molar-refractivity contribution is 0.805. The summed E-state index contributed by atoms with van der Waals surface area (Å²) in [7, 11) is 0. The van der Waals surface area contributed by atoms with Crippen molar-refractivity contribution in [2.75, 3.05) is 5.73 Å². The monoisotopic (exact) mass is 343 g/mol. The van der Waals surface area contributed by atoms with Gasteiger partial charge in [-0.25, -0.2) is 9.97 Å². The average molecular weight is 344 g/mol. The van der Waals surface area contributed by atoms with Crippen molar-refractivity contribution in [2.45, 2.75) is 13.8 Å². The van der Waals surface area contributed by atoms with Gasteiger partial charge in [0, 0.05) is 27.5 Å². The average Bonchev–Trinajstić information content (AvgIpc) is 2.80. The molecule has 1 aromatic carbocycles. The maximum Gasteiger partial charge on any atom is 0.252 e. The predicted molar refractivity (Wildman–Crippen MR) is 86.2 cm³/mol. The predicted octanol–water partition coefficient (Wildman–Crippen LogP) is 3.29. The summed E-state index contributed by atoms with van der Waals surface area (Å²) < 4.78 is 2.59. The molecule has 0 aliphatic heterocycles. The van der Waals surface area contributed by atoms with Crippen molar-refractivity contribution < 1.29 is 0 Å². The van der Waals surface area contributed by atoms with Gasteiger partial charge in [-0.2, -0.15) is 9.78 Å². The summed E-state index contributed by atoms with van der Waals surface area (Å²) in [6.45, 7) is 3.85. The van der Waals surface area contributed by atoms with Gasteiger partial charge < -0.3 is 5.73 Å². The van der Waals surface area contributed by atoms with Crippen molar-refractivity contribution in [3.05, 3.63) is 52.3 Å². The van der Waals surface area contributed by atoms with E-state index in [0.717, 1.165) is 27.1 Å². The van der Waals surface area contributed by atoms with Crippen LogP contribution in [0.25, 0.3) is 17.2 Å². The molecule has 0 radical (unpaired) electrons. The van der Waals surface area contributed by atoms with Gasteiger partial charge in [0.15, 0.2) is 0 Å². The second-order valence-corrected chi connectivity index (χ2v) is 5.74. The van der Waals surface area contributed by atoms with Crippen LogP contribution < -0.4 is 5.73 Å². The molecule has 0 amide bonds. The van der Waals surface area contributed by atoms with Crippen molar-refractivity contribution >= 4 is 21.7 Å². The van der Waals surface area contributed by atoms with Gasteiger partial charge in [0.25, 0.3) is 5.95 Å². The smallest absolute Gasteiger partial charge is 0.252 e. The molecular formula is C15H14BrN5. The van der Waals surface area contributed by atoms with Crippen LogP contribution in [0.15, 0.2) is 40.9 Å². The lowest BCUT2D eigenvalue weighted by Crippen LogP contribution is -2.08. The summed E-state index contributed by atoms with van der Waals surface area (Å²) in [5, 5.41) is 4.51. The fourth-order valence-electron chi connectivity index (χ4n) is 2.12. The zero-order valence-electron chi connectivity index (χ0n) is 11.7. The van der Waals surface area contributed by atoms with Gasteiger partial charge in [0.1, 0.15) is 5.82 Å². The number of hydrogen-bond donors (Lipinski definition) is 1. The second kappa shape index (κ2) is 5.29. The molecule has 2 N–H and O–H groups in total. The van der Waals surface area contributed by atoms with Crippen LogP contribution in [0.5, 0.6) is 0 Å². The van der Waals surface area contributed by atoms with E-state index in [1.165, 1.54) is 0 Å². The Balaban J connectivity index is 2.07. The maximum absolute atomic E-state index is 6.05. The zero-order chi connectivity index (χ0) is 15.0. The zero-order valence-corrected chi connectivity index (χ0v) is 13.3. The molecule has 0 fully saturated rings. The molecule has 6 heteroatoms. The molecule has 0 spiro atoms. The fraction of sp³-hybridized carbons (Fsp3) is 0.133. The molecule has 5 nitrogen and oxygen atoms in total. The Bertz CT molecular complexity index is 772. The molecule has 0 bridgehead atoms. The number of anilines is 1. The summed E-state index contributed by atoms with van der Waals surface area (Å²) in [6.07, 6.45) is 0. The molecule has 0 aliphatic carbocycles. The van der Waals surface area contributed by atoms with E-state index < -0.39 is 0 Å². The number of nitrogens with zero attached hydrogens (tertiary/aromatic N) is 4. The highest BCUT2D eigenvalue weighted by atomic mass is 79.9. The molecule has 0 saturated carbocycles. The summed E-state index contributed by atoms with van der Waals surface area (Å²) in [6, 6.07) is 11.6. The minimum Gasteiger partial charge on any atom is -0.383 e. The lowest BCUT2D eigenvalue weighted by atomic mass is 10.2. The molecule has 21 heavy (non-hydrogen) atoms. The molecule has 0 aliphatic rings. The van der Waals surface area contributed by atoms with Gasteiger partial charge in [-0.3, -0.25) is 0 Å². The molecule has 0 unspecified atom stereocenters. The minimum atomic E-state index is 0.494. The molecule has 2 aromatic heterocycles. The normalized spacial score (nSPS) is 10.8. The number of hydrogen-bond acceptors (Lipinski definition) is 4. The van der Waals surface area contributed by atoms with Gasteiger partial charge in [-0.1, -0.05) is 28.1 Å². The Morgan fingerprint density at radius 2 is 1.62 bits per heavy atom. The van der Waals surface area contributed by atoms with E-state index in [0.29, 0.717) is 11.8 Å². The minimum absolute atomic E-state index is 0.494. The van der Waals surface area contributed by atoms with Crippen molar-refractivity contribution in [1.29, 1.82) is 0 Å². The largest absolute Gasteiger partial charge is 0.383 e. The van der Waals surface area contributed by atoms with Crippen LogP contribution >= 0.6 is 15.9 Å². The quantitative estimate of drug-likeness (QED) is 0.774. The van der Waals surface area contributed by atoms with Crippen LogP contribution in [0, 0.1) is 13.8 Å². The van der Waals surface area contributed by atoms with E-state index in [4.69, 9.17) is 5.73 Å². The summed E-state index contributed by atoms with van der Waals surface area (Å²) in [4.78, 5) is 8.78. The van der Waals surface area contributed by atoms with Crippen molar-refractivity contribution in [3.63, 3.8) is 0 Å². The first-order valence-corrected chi connectivity index (χ1v) is 7.26. The Kier molecular flexibility index (Phi) is 3.47. The van der Waals surface area contributed by atoms with Crippen LogP contribution in [-0.2, 0) is 0 Å². The number of halogens is 1. The third kappa shape index (κ3) is 2.80. The Morgan fingerprint density at radius 1 is 1.00 bits per heavy atom. The fourth-order valence-corrected chi connectivity index (χ4v) is 2.38. The Labute approximate surface area is 131 Å². The number of rotatable bonds is 2. The number of nitrogen functional groups attached to an aromatic ring is 1. The third-order valence-electron chi connectivity index (χ3n) is 3.04. The molecule has 106 valence electrons. The van der Waals surface area contributed by atoms with Gasteiger partial charge >= 0.3 is 0 Å². The van der Waals surface area contributed by atoms with Crippen LogP contribution in [0.2, 0.25) is 0 Å². The molecule has 0 saturated heterocycles. The molecule has 2 heterocycles. The highest BCUT2D eigenvalue weighted by Gasteiger charge is 2.11. The maximum atomic E-state index is 6.05. The van der Waals surface area contributed by atoms with Crippen LogP contribution in [0.4, 0.5) is 5.82 Å². The topological polar surface area (TPSA) is 69.6 Å². The van der Waals surface area contributed by atoms with Crippen LogP contribution in [0.1, 0.15) is 11.4 Å². The number of nitrogens with two attached hydrogens (primary N) is 1. The molecule has 0 atom stereocenters. The standard InChI is InChI=1S/C15H14BrN5/c1-9-7-10(2)19-15(18-9)21-14(17)8-13(20-21)11-3-5-12(16)6-4-11/h3-8H,17H2,1-2H3. The van der Waals surface area contributed by atoms with E-state index in [1.807, 2.05) is 50.2 Å². The highest BCUT2D eigenvalue weighted by Crippen LogP contribution is 2.23. The summed E-state index contributed by atoms with van der Waals surface area (Å²) >= 11 is 3.42. The van der Waals surface area contributed by atoms with E-state index in [-0.39, 0.29) is 0 Å². The first kappa shape index (κ1) is 13.8.